The number of unbranched alkanes of at least 4 members (excludes halogenated alkanes) is 9. The van der Waals surface area contributed by atoms with Gasteiger partial charge in [0.25, 0.3) is 0 Å². The Morgan fingerprint density at radius 2 is 1.35 bits per heavy atom. The Morgan fingerprint density at radius 1 is 0.765 bits per heavy atom. The smallest absolute Gasteiger partial charge is 0.306 e. The molecule has 0 aliphatic heterocycles. The summed E-state index contributed by atoms with van der Waals surface area (Å²) in [4.78, 5) is 11.5. The summed E-state index contributed by atoms with van der Waals surface area (Å²) in [5.41, 5.74) is 0. The molecule has 0 aromatic carbocycles. The lowest BCUT2D eigenvalue weighted by atomic mass is 9.90. The second-order valence-electron chi connectivity index (χ2n) is 9.20. The van der Waals surface area contributed by atoms with E-state index in [0.29, 0.717) is 12.8 Å². The van der Waals surface area contributed by atoms with Gasteiger partial charge in [0.2, 0.25) is 0 Å². The monoisotopic (exact) mass is 490 g/mol. The maximum atomic E-state index is 11.5. The van der Waals surface area contributed by atoms with Crippen molar-refractivity contribution in [3.8, 4) is 0 Å². The molecule has 5 atom stereocenters. The van der Waals surface area contributed by atoms with Gasteiger partial charge in [0, 0.05) is 6.61 Å². The van der Waals surface area contributed by atoms with Crippen molar-refractivity contribution in [2.45, 2.75) is 121 Å². The van der Waals surface area contributed by atoms with Crippen molar-refractivity contribution in [3.05, 3.63) is 12.2 Å². The number of aliphatic hydroxyl groups excluding tert-OH is 5. The van der Waals surface area contributed by atoms with E-state index in [0.717, 1.165) is 45.3 Å². The molecule has 5 unspecified atom stereocenters. The van der Waals surface area contributed by atoms with Crippen LogP contribution in [0.25, 0.3) is 0 Å². The van der Waals surface area contributed by atoms with Crippen LogP contribution in [0, 0.1) is 5.92 Å². The number of allylic oxidation sites excluding steroid dienone is 1. The summed E-state index contributed by atoms with van der Waals surface area (Å²) in [7, 11) is 0. The first-order valence-corrected chi connectivity index (χ1v) is 13.1. The number of hydrogen-bond donors (Lipinski definition) is 6. The number of rotatable bonds is 24. The highest BCUT2D eigenvalue weighted by atomic mass is 16.5. The molecular formula is C26H50O8. The topological polar surface area (TPSA) is 148 Å². The lowest BCUT2D eigenvalue weighted by Gasteiger charge is -2.27. The highest BCUT2D eigenvalue weighted by Crippen LogP contribution is 2.20. The van der Waals surface area contributed by atoms with E-state index in [9.17, 15) is 30.3 Å². The van der Waals surface area contributed by atoms with Crippen LogP contribution < -0.4 is 0 Å². The van der Waals surface area contributed by atoms with Crippen molar-refractivity contribution in [1.82, 2.24) is 0 Å². The molecule has 0 aromatic rings. The van der Waals surface area contributed by atoms with Gasteiger partial charge >= 0.3 is 5.97 Å². The Bertz CT molecular complexity index is 499. The number of aliphatic hydroxyl groups is 5. The Labute approximate surface area is 205 Å². The van der Waals surface area contributed by atoms with Gasteiger partial charge in [-0.15, -0.1) is 0 Å². The second-order valence-corrected chi connectivity index (χ2v) is 9.20. The molecular weight excluding hydrogens is 440 g/mol. The fourth-order valence-corrected chi connectivity index (χ4v) is 3.82. The van der Waals surface area contributed by atoms with E-state index in [1.54, 1.807) is 0 Å². The SMILES string of the molecule is CCCCCCCCCOCCC=CCCCCCC(CC(O)C(O)C(O)C(O)CO)C(=O)O. The third-order valence-corrected chi connectivity index (χ3v) is 6.11. The molecule has 0 saturated heterocycles. The summed E-state index contributed by atoms with van der Waals surface area (Å²) in [5.74, 6) is -1.92. The first-order valence-electron chi connectivity index (χ1n) is 13.1. The molecule has 0 aliphatic carbocycles. The Balaban J connectivity index is 3.79. The quantitative estimate of drug-likeness (QED) is 0.0893. The molecule has 0 aliphatic rings. The zero-order valence-electron chi connectivity index (χ0n) is 21.1. The number of carbonyl (C=O) groups is 1. The minimum absolute atomic E-state index is 0.232. The van der Waals surface area contributed by atoms with Crippen molar-refractivity contribution in [2.24, 2.45) is 5.92 Å². The van der Waals surface area contributed by atoms with Gasteiger partial charge in [0.05, 0.1) is 25.2 Å². The van der Waals surface area contributed by atoms with Gasteiger partial charge in [-0.1, -0.05) is 70.4 Å². The zero-order chi connectivity index (χ0) is 25.6. The average molecular weight is 491 g/mol. The molecule has 0 radical (unpaired) electrons. The molecule has 8 nitrogen and oxygen atoms in total. The summed E-state index contributed by atoms with van der Waals surface area (Å²) < 4.78 is 5.65. The molecule has 0 aromatic heterocycles. The maximum Gasteiger partial charge on any atom is 0.306 e. The Morgan fingerprint density at radius 3 is 2.00 bits per heavy atom. The number of hydrogen-bond acceptors (Lipinski definition) is 7. The third kappa shape index (κ3) is 17.4. The normalized spacial score (nSPS) is 16.4. The van der Waals surface area contributed by atoms with Gasteiger partial charge < -0.3 is 35.4 Å². The standard InChI is InChI=1S/C26H50O8/c1-2-3-4-5-8-11-14-17-34-18-15-12-9-6-7-10-13-16-21(26(32)33)19-22(28)24(30)25(31)23(29)20-27/h9,12,21-25,27-31H,2-8,10-11,13-20H2,1H3,(H,32,33). The number of carboxylic acids is 1. The molecule has 6 N–H and O–H groups in total. The highest BCUT2D eigenvalue weighted by molar-refractivity contribution is 5.69. The van der Waals surface area contributed by atoms with Crippen molar-refractivity contribution in [3.63, 3.8) is 0 Å². The van der Waals surface area contributed by atoms with Crippen molar-refractivity contribution < 1.29 is 40.2 Å². The van der Waals surface area contributed by atoms with E-state index in [4.69, 9.17) is 9.84 Å². The Hall–Kier alpha value is -1.03. The molecule has 0 rings (SSSR count). The highest BCUT2D eigenvalue weighted by Gasteiger charge is 2.32. The summed E-state index contributed by atoms with van der Waals surface area (Å²) in [6, 6.07) is 0. The van der Waals surface area contributed by atoms with Gasteiger partial charge in [-0.3, -0.25) is 4.79 Å². The minimum Gasteiger partial charge on any atom is -0.481 e. The van der Waals surface area contributed by atoms with E-state index in [1.165, 1.54) is 38.5 Å². The number of carboxylic acid groups (broad SMARTS) is 1. The van der Waals surface area contributed by atoms with Crippen LogP contribution in [0.2, 0.25) is 0 Å². The van der Waals surface area contributed by atoms with Gasteiger partial charge in [0.15, 0.2) is 0 Å². The van der Waals surface area contributed by atoms with Crippen LogP contribution in [-0.4, -0.2) is 80.8 Å². The molecule has 0 saturated carbocycles. The third-order valence-electron chi connectivity index (χ3n) is 6.11. The predicted molar refractivity (Wildman–Crippen MR) is 133 cm³/mol. The molecule has 8 heteroatoms. The molecule has 0 bridgehead atoms. The number of aliphatic carboxylic acids is 1. The van der Waals surface area contributed by atoms with Crippen LogP contribution in [0.5, 0.6) is 0 Å². The van der Waals surface area contributed by atoms with E-state index < -0.39 is 42.9 Å². The maximum absolute atomic E-state index is 11.5. The van der Waals surface area contributed by atoms with Crippen LogP contribution >= 0.6 is 0 Å². The van der Waals surface area contributed by atoms with E-state index in [1.807, 2.05) is 0 Å². The van der Waals surface area contributed by atoms with E-state index in [2.05, 4.69) is 19.1 Å². The fourth-order valence-electron chi connectivity index (χ4n) is 3.82. The minimum atomic E-state index is -1.74. The lowest BCUT2D eigenvalue weighted by Crippen LogP contribution is -2.46. The van der Waals surface area contributed by atoms with Crippen molar-refractivity contribution in [2.75, 3.05) is 19.8 Å². The summed E-state index contributed by atoms with van der Waals surface area (Å²) in [6.07, 6.45) is 11.1. The lowest BCUT2D eigenvalue weighted by molar-refractivity contribution is -0.147. The summed E-state index contributed by atoms with van der Waals surface area (Å²) >= 11 is 0. The summed E-state index contributed by atoms with van der Waals surface area (Å²) in [6.45, 7) is 3.03. The molecule has 202 valence electrons. The van der Waals surface area contributed by atoms with Crippen LogP contribution in [0.1, 0.15) is 96.8 Å². The Kier molecular flexibility index (Phi) is 21.8. The van der Waals surface area contributed by atoms with Crippen LogP contribution in [0.4, 0.5) is 0 Å². The fraction of sp³-hybridized carbons (Fsp3) is 0.885. The molecule has 34 heavy (non-hydrogen) atoms. The molecule has 0 fully saturated rings. The molecule has 0 heterocycles. The van der Waals surface area contributed by atoms with Crippen LogP contribution in [0.15, 0.2) is 12.2 Å². The predicted octanol–water partition coefficient (Wildman–Crippen LogP) is 3.18. The van der Waals surface area contributed by atoms with Crippen molar-refractivity contribution >= 4 is 5.97 Å². The van der Waals surface area contributed by atoms with Gasteiger partial charge in [-0.05, 0) is 38.5 Å². The molecule has 0 amide bonds. The second kappa shape index (κ2) is 22.4. The van der Waals surface area contributed by atoms with Crippen LogP contribution in [-0.2, 0) is 9.53 Å². The number of ether oxygens (including phenoxy) is 1. The first kappa shape index (κ1) is 33.0. The average Bonchev–Trinajstić information content (AvgIpc) is 2.83. The van der Waals surface area contributed by atoms with Crippen molar-refractivity contribution in [1.29, 1.82) is 0 Å². The van der Waals surface area contributed by atoms with Gasteiger partial charge in [-0.25, -0.2) is 0 Å². The van der Waals surface area contributed by atoms with E-state index >= 15 is 0 Å². The largest absolute Gasteiger partial charge is 0.481 e. The van der Waals surface area contributed by atoms with Gasteiger partial charge in [-0.2, -0.15) is 0 Å². The zero-order valence-corrected chi connectivity index (χ0v) is 21.1. The van der Waals surface area contributed by atoms with E-state index in [-0.39, 0.29) is 6.42 Å². The van der Waals surface area contributed by atoms with Crippen LogP contribution in [0.3, 0.4) is 0 Å². The van der Waals surface area contributed by atoms with Gasteiger partial charge in [0.1, 0.15) is 18.3 Å². The summed E-state index contributed by atoms with van der Waals surface area (Å²) in [5, 5.41) is 57.1. The first-order chi connectivity index (χ1) is 16.3. The molecule has 0 spiro atoms.